The molecule has 0 aliphatic heterocycles. The van der Waals surface area contributed by atoms with Gasteiger partial charge in [-0.1, -0.05) is 103 Å². The Kier molecular flexibility index (Phi) is 5.12. The summed E-state index contributed by atoms with van der Waals surface area (Å²) in [6, 6.07) is 40.1. The van der Waals surface area contributed by atoms with E-state index in [1.807, 2.05) is 18.2 Å². The molecule has 0 aliphatic carbocycles. The lowest BCUT2D eigenvalue weighted by atomic mass is 9.90. The molecule has 34 heavy (non-hydrogen) atoms. The van der Waals surface area contributed by atoms with Crippen molar-refractivity contribution >= 4 is 32.3 Å². The SMILES string of the molecule is COc1ccc2ccccc2c1-c1c(OCc2ccccc2)ccc2c1ccc1ccccc12. The molecule has 0 heterocycles. The molecule has 0 aromatic heterocycles. The van der Waals surface area contributed by atoms with Crippen molar-refractivity contribution in [2.75, 3.05) is 7.11 Å². The molecular formula is C32H24O2. The first-order chi connectivity index (χ1) is 16.8. The van der Waals surface area contributed by atoms with Crippen LogP contribution in [0.4, 0.5) is 0 Å². The van der Waals surface area contributed by atoms with Crippen LogP contribution >= 0.6 is 0 Å². The van der Waals surface area contributed by atoms with Crippen molar-refractivity contribution in [3.63, 3.8) is 0 Å². The molecule has 6 rings (SSSR count). The zero-order chi connectivity index (χ0) is 22.9. The highest BCUT2D eigenvalue weighted by Crippen LogP contribution is 2.46. The highest BCUT2D eigenvalue weighted by Gasteiger charge is 2.19. The maximum absolute atomic E-state index is 6.49. The summed E-state index contributed by atoms with van der Waals surface area (Å²) in [5.74, 6) is 1.69. The number of ether oxygens (including phenoxy) is 2. The number of benzene rings is 6. The van der Waals surface area contributed by atoms with Gasteiger partial charge >= 0.3 is 0 Å². The van der Waals surface area contributed by atoms with Crippen LogP contribution in [0.5, 0.6) is 11.5 Å². The number of hydrogen-bond donors (Lipinski definition) is 0. The summed E-state index contributed by atoms with van der Waals surface area (Å²) in [6.07, 6.45) is 0. The molecule has 0 radical (unpaired) electrons. The van der Waals surface area contributed by atoms with Crippen LogP contribution in [-0.2, 0) is 6.61 Å². The van der Waals surface area contributed by atoms with E-state index in [4.69, 9.17) is 9.47 Å². The normalized spacial score (nSPS) is 11.2. The van der Waals surface area contributed by atoms with Gasteiger partial charge in [-0.2, -0.15) is 0 Å². The summed E-state index contributed by atoms with van der Waals surface area (Å²) in [5, 5.41) is 7.13. The van der Waals surface area contributed by atoms with E-state index < -0.39 is 0 Å². The van der Waals surface area contributed by atoms with Crippen LogP contribution in [0.1, 0.15) is 5.56 Å². The second-order valence-electron chi connectivity index (χ2n) is 8.46. The summed E-state index contributed by atoms with van der Waals surface area (Å²) >= 11 is 0. The summed E-state index contributed by atoms with van der Waals surface area (Å²) in [4.78, 5) is 0. The van der Waals surface area contributed by atoms with Crippen molar-refractivity contribution in [2.45, 2.75) is 6.61 Å². The molecule has 0 saturated heterocycles. The fraction of sp³-hybridized carbons (Fsp3) is 0.0625. The van der Waals surface area contributed by atoms with E-state index in [1.54, 1.807) is 7.11 Å². The zero-order valence-corrected chi connectivity index (χ0v) is 19.0. The van der Waals surface area contributed by atoms with E-state index in [0.29, 0.717) is 6.61 Å². The van der Waals surface area contributed by atoms with Crippen LogP contribution in [0.25, 0.3) is 43.4 Å². The monoisotopic (exact) mass is 440 g/mol. The Hall–Kier alpha value is -4.30. The third-order valence-electron chi connectivity index (χ3n) is 6.49. The van der Waals surface area contributed by atoms with Gasteiger partial charge in [-0.15, -0.1) is 0 Å². The molecule has 0 spiro atoms. The van der Waals surface area contributed by atoms with Gasteiger partial charge in [-0.3, -0.25) is 0 Å². The predicted octanol–water partition coefficient (Wildman–Crippen LogP) is 8.40. The van der Waals surface area contributed by atoms with Gasteiger partial charge in [-0.25, -0.2) is 0 Å². The third-order valence-corrected chi connectivity index (χ3v) is 6.49. The lowest BCUT2D eigenvalue weighted by molar-refractivity contribution is 0.308. The van der Waals surface area contributed by atoms with Crippen LogP contribution < -0.4 is 9.47 Å². The molecule has 2 heteroatoms. The molecule has 2 nitrogen and oxygen atoms in total. The molecule has 6 aromatic rings. The summed E-state index contributed by atoms with van der Waals surface area (Å²) < 4.78 is 12.4. The molecule has 0 aliphatic rings. The van der Waals surface area contributed by atoms with Crippen LogP contribution in [0.2, 0.25) is 0 Å². The van der Waals surface area contributed by atoms with Gasteiger partial charge in [0.25, 0.3) is 0 Å². The Bertz CT molecular complexity index is 1630. The van der Waals surface area contributed by atoms with Crippen molar-refractivity contribution in [1.29, 1.82) is 0 Å². The summed E-state index contributed by atoms with van der Waals surface area (Å²) in [5.41, 5.74) is 3.26. The van der Waals surface area contributed by atoms with Crippen LogP contribution in [0, 0.1) is 0 Å². The van der Waals surface area contributed by atoms with E-state index >= 15 is 0 Å². The minimum atomic E-state index is 0.500. The molecule has 0 bridgehead atoms. The van der Waals surface area contributed by atoms with E-state index in [-0.39, 0.29) is 0 Å². The minimum Gasteiger partial charge on any atom is -0.496 e. The average molecular weight is 441 g/mol. The Morgan fingerprint density at radius 3 is 1.85 bits per heavy atom. The number of rotatable bonds is 5. The van der Waals surface area contributed by atoms with Gasteiger partial charge in [0, 0.05) is 11.1 Å². The summed E-state index contributed by atoms with van der Waals surface area (Å²) in [7, 11) is 1.73. The van der Waals surface area contributed by atoms with Gasteiger partial charge < -0.3 is 9.47 Å². The van der Waals surface area contributed by atoms with E-state index in [2.05, 4.69) is 97.1 Å². The topological polar surface area (TPSA) is 18.5 Å². The van der Waals surface area contributed by atoms with Crippen molar-refractivity contribution in [3.8, 4) is 22.6 Å². The fourth-order valence-corrected chi connectivity index (χ4v) is 4.86. The molecule has 6 aromatic carbocycles. The number of fused-ring (bicyclic) bond motifs is 4. The third kappa shape index (κ3) is 3.45. The van der Waals surface area contributed by atoms with Crippen molar-refractivity contribution in [2.24, 2.45) is 0 Å². The van der Waals surface area contributed by atoms with Gasteiger partial charge in [-0.05, 0) is 50.0 Å². The van der Waals surface area contributed by atoms with Gasteiger partial charge in [0.05, 0.1) is 7.11 Å². The van der Waals surface area contributed by atoms with Crippen LogP contribution in [-0.4, -0.2) is 7.11 Å². The van der Waals surface area contributed by atoms with Crippen LogP contribution in [0.15, 0.2) is 115 Å². The fourth-order valence-electron chi connectivity index (χ4n) is 4.86. The molecule has 0 amide bonds. The molecule has 0 atom stereocenters. The minimum absolute atomic E-state index is 0.500. The first-order valence-electron chi connectivity index (χ1n) is 11.5. The Morgan fingerprint density at radius 1 is 0.471 bits per heavy atom. The highest BCUT2D eigenvalue weighted by atomic mass is 16.5. The Morgan fingerprint density at radius 2 is 1.06 bits per heavy atom. The van der Waals surface area contributed by atoms with E-state index in [9.17, 15) is 0 Å². The lowest BCUT2D eigenvalue weighted by Crippen LogP contribution is -1.99. The second kappa shape index (κ2) is 8.57. The molecule has 0 saturated carbocycles. The van der Waals surface area contributed by atoms with E-state index in [0.717, 1.165) is 39.0 Å². The van der Waals surface area contributed by atoms with Crippen molar-refractivity contribution in [1.82, 2.24) is 0 Å². The molecule has 0 unspecified atom stereocenters. The summed E-state index contributed by atoms with van der Waals surface area (Å²) in [6.45, 7) is 0.500. The predicted molar refractivity (Wildman–Crippen MR) is 142 cm³/mol. The average Bonchev–Trinajstić information content (AvgIpc) is 2.91. The molecule has 0 fully saturated rings. The quantitative estimate of drug-likeness (QED) is 0.251. The molecule has 0 N–H and O–H groups in total. The van der Waals surface area contributed by atoms with Crippen LogP contribution in [0.3, 0.4) is 0 Å². The van der Waals surface area contributed by atoms with E-state index in [1.165, 1.54) is 21.5 Å². The highest BCUT2D eigenvalue weighted by molar-refractivity contribution is 6.16. The largest absolute Gasteiger partial charge is 0.496 e. The van der Waals surface area contributed by atoms with Crippen molar-refractivity contribution in [3.05, 3.63) is 121 Å². The second-order valence-corrected chi connectivity index (χ2v) is 8.46. The van der Waals surface area contributed by atoms with Gasteiger partial charge in [0.15, 0.2) is 0 Å². The lowest BCUT2D eigenvalue weighted by Gasteiger charge is -2.19. The first-order valence-corrected chi connectivity index (χ1v) is 11.5. The number of methoxy groups -OCH3 is 1. The van der Waals surface area contributed by atoms with Gasteiger partial charge in [0.1, 0.15) is 18.1 Å². The number of hydrogen-bond acceptors (Lipinski definition) is 2. The molecule has 164 valence electrons. The zero-order valence-electron chi connectivity index (χ0n) is 19.0. The van der Waals surface area contributed by atoms with Gasteiger partial charge in [0.2, 0.25) is 0 Å². The molecular weight excluding hydrogens is 416 g/mol. The first kappa shape index (κ1) is 20.3. The smallest absolute Gasteiger partial charge is 0.128 e. The Labute approximate surface area is 199 Å². The maximum Gasteiger partial charge on any atom is 0.128 e. The Balaban J connectivity index is 1.67. The van der Waals surface area contributed by atoms with Crippen molar-refractivity contribution < 1.29 is 9.47 Å². The standard InChI is InChI=1S/C32H24O2/c1-33-29-19-16-24-12-6-8-14-26(24)31(29)32-28-17-15-23-11-5-7-13-25(23)27(28)18-20-30(32)34-21-22-9-3-2-4-10-22/h2-20H,21H2,1H3. The maximum atomic E-state index is 6.49.